The van der Waals surface area contributed by atoms with Crippen molar-refractivity contribution in [2.75, 3.05) is 0 Å². The summed E-state index contributed by atoms with van der Waals surface area (Å²) in [6.45, 7) is 5.38. The van der Waals surface area contributed by atoms with Gasteiger partial charge in [-0.25, -0.2) is 0 Å². The molecule has 0 saturated carbocycles. The molecule has 0 amide bonds. The molecule has 0 bridgehead atoms. The van der Waals surface area contributed by atoms with Gasteiger partial charge in [0, 0.05) is 5.03 Å². The maximum atomic E-state index is 8.89. The summed E-state index contributed by atoms with van der Waals surface area (Å²) in [5.74, 6) is 0. The Kier molecular flexibility index (Phi) is 3.92. The second-order valence-corrected chi connectivity index (χ2v) is 2.24. The molecule has 0 spiro atoms. The molecule has 1 nitrogen and oxygen atoms in total. The second kappa shape index (κ2) is 3.93. The SMILES string of the molecule is C=C(Cl)C(O)CCC. The third-order valence-corrected chi connectivity index (χ3v) is 1.18. The van der Waals surface area contributed by atoms with Crippen molar-refractivity contribution < 1.29 is 5.11 Å². The first-order valence-corrected chi connectivity index (χ1v) is 3.08. The molecule has 8 heavy (non-hydrogen) atoms. The van der Waals surface area contributed by atoms with Crippen LogP contribution in [0.4, 0.5) is 0 Å². The van der Waals surface area contributed by atoms with E-state index in [0.717, 1.165) is 6.42 Å². The lowest BCUT2D eigenvalue weighted by atomic mass is 10.2. The summed E-state index contributed by atoms with van der Waals surface area (Å²) in [6, 6.07) is 0. The Morgan fingerprint density at radius 3 is 2.50 bits per heavy atom. The van der Waals surface area contributed by atoms with E-state index in [1.54, 1.807) is 0 Å². The highest BCUT2D eigenvalue weighted by Crippen LogP contribution is 2.09. The Labute approximate surface area is 55.0 Å². The Morgan fingerprint density at radius 2 is 2.38 bits per heavy atom. The van der Waals surface area contributed by atoms with E-state index in [4.69, 9.17) is 16.7 Å². The van der Waals surface area contributed by atoms with Crippen molar-refractivity contribution in [3.8, 4) is 0 Å². The first-order chi connectivity index (χ1) is 3.68. The fraction of sp³-hybridized carbons (Fsp3) is 0.667. The van der Waals surface area contributed by atoms with E-state index in [9.17, 15) is 0 Å². The molecule has 0 fully saturated rings. The van der Waals surface area contributed by atoms with Gasteiger partial charge in [-0.05, 0) is 6.42 Å². The summed E-state index contributed by atoms with van der Waals surface area (Å²) in [6.07, 6.45) is 1.14. The van der Waals surface area contributed by atoms with Crippen LogP contribution >= 0.6 is 11.6 Å². The fourth-order valence-electron chi connectivity index (χ4n) is 0.430. The van der Waals surface area contributed by atoms with Crippen LogP contribution in [-0.2, 0) is 0 Å². The zero-order valence-electron chi connectivity index (χ0n) is 5.02. The van der Waals surface area contributed by atoms with Gasteiger partial charge in [-0.15, -0.1) is 0 Å². The smallest absolute Gasteiger partial charge is 0.0889 e. The predicted octanol–water partition coefficient (Wildman–Crippen LogP) is 1.90. The standard InChI is InChI=1S/C6H11ClO/c1-3-4-6(8)5(2)7/h6,8H,2-4H2,1H3. The summed E-state index contributed by atoms with van der Waals surface area (Å²) in [5.41, 5.74) is 0. The topological polar surface area (TPSA) is 20.2 Å². The highest BCUT2D eigenvalue weighted by molar-refractivity contribution is 6.29. The fourth-order valence-corrected chi connectivity index (χ4v) is 0.539. The summed E-state index contributed by atoms with van der Waals surface area (Å²) in [5, 5.41) is 9.23. The van der Waals surface area contributed by atoms with E-state index in [1.807, 2.05) is 6.92 Å². The monoisotopic (exact) mass is 134 g/mol. The maximum Gasteiger partial charge on any atom is 0.0889 e. The average Bonchev–Trinajstić information content (AvgIpc) is 1.67. The van der Waals surface area contributed by atoms with Crippen LogP contribution in [0.2, 0.25) is 0 Å². The highest BCUT2D eigenvalue weighted by atomic mass is 35.5. The molecule has 0 aliphatic carbocycles. The maximum absolute atomic E-state index is 8.89. The molecule has 0 aromatic carbocycles. The highest BCUT2D eigenvalue weighted by Gasteiger charge is 2.02. The van der Waals surface area contributed by atoms with Crippen LogP contribution in [0.5, 0.6) is 0 Å². The third-order valence-electron chi connectivity index (χ3n) is 0.924. The van der Waals surface area contributed by atoms with E-state index in [0.29, 0.717) is 11.5 Å². The zero-order valence-corrected chi connectivity index (χ0v) is 5.78. The minimum Gasteiger partial charge on any atom is -0.388 e. The van der Waals surface area contributed by atoms with Crippen LogP contribution in [-0.4, -0.2) is 11.2 Å². The van der Waals surface area contributed by atoms with Gasteiger partial charge in [-0.1, -0.05) is 31.5 Å². The summed E-state index contributed by atoms with van der Waals surface area (Å²) >= 11 is 5.36. The molecular weight excluding hydrogens is 124 g/mol. The lowest BCUT2D eigenvalue weighted by molar-refractivity contribution is 0.207. The van der Waals surface area contributed by atoms with E-state index >= 15 is 0 Å². The van der Waals surface area contributed by atoms with Crippen LogP contribution < -0.4 is 0 Å². The average molecular weight is 135 g/mol. The normalized spacial score (nSPS) is 13.4. The largest absolute Gasteiger partial charge is 0.388 e. The van der Waals surface area contributed by atoms with Gasteiger partial charge in [0.1, 0.15) is 0 Å². The third kappa shape index (κ3) is 3.05. The van der Waals surface area contributed by atoms with Gasteiger partial charge < -0.3 is 5.11 Å². The van der Waals surface area contributed by atoms with Gasteiger partial charge >= 0.3 is 0 Å². The van der Waals surface area contributed by atoms with Crippen LogP contribution in [0.1, 0.15) is 19.8 Å². The van der Waals surface area contributed by atoms with E-state index in [-0.39, 0.29) is 0 Å². The molecule has 0 aliphatic heterocycles. The Morgan fingerprint density at radius 1 is 1.88 bits per heavy atom. The lowest BCUT2D eigenvalue weighted by Crippen LogP contribution is -2.03. The zero-order chi connectivity index (χ0) is 6.57. The number of halogens is 1. The van der Waals surface area contributed by atoms with Gasteiger partial charge in [-0.3, -0.25) is 0 Å². The van der Waals surface area contributed by atoms with E-state index < -0.39 is 6.10 Å². The van der Waals surface area contributed by atoms with E-state index in [2.05, 4.69) is 6.58 Å². The van der Waals surface area contributed by atoms with Crippen molar-refractivity contribution in [2.45, 2.75) is 25.9 Å². The molecule has 0 heterocycles. The van der Waals surface area contributed by atoms with Gasteiger partial charge in [-0.2, -0.15) is 0 Å². The number of aliphatic hydroxyl groups excluding tert-OH is 1. The lowest BCUT2D eigenvalue weighted by Gasteiger charge is -2.03. The molecule has 1 atom stereocenters. The molecule has 0 aromatic rings. The number of hydrogen-bond acceptors (Lipinski definition) is 1. The van der Waals surface area contributed by atoms with Crippen molar-refractivity contribution in [1.82, 2.24) is 0 Å². The predicted molar refractivity (Wildman–Crippen MR) is 35.9 cm³/mol. The van der Waals surface area contributed by atoms with Crippen molar-refractivity contribution >= 4 is 11.6 Å². The molecule has 0 radical (unpaired) electrons. The van der Waals surface area contributed by atoms with Gasteiger partial charge in [0.25, 0.3) is 0 Å². The van der Waals surface area contributed by atoms with Gasteiger partial charge in [0.2, 0.25) is 0 Å². The minimum absolute atomic E-state index is 0.340. The Bertz CT molecular complexity index is 80.6. The Hall–Kier alpha value is -0.0100. The summed E-state index contributed by atoms with van der Waals surface area (Å²) in [4.78, 5) is 0. The molecule has 0 saturated heterocycles. The summed E-state index contributed by atoms with van der Waals surface area (Å²) in [7, 11) is 0. The van der Waals surface area contributed by atoms with E-state index in [1.165, 1.54) is 0 Å². The molecule has 2 heteroatoms. The number of rotatable bonds is 3. The molecular formula is C6H11ClO. The first kappa shape index (κ1) is 7.99. The molecule has 0 aromatic heterocycles. The van der Waals surface area contributed by atoms with Gasteiger partial charge in [0.05, 0.1) is 6.10 Å². The van der Waals surface area contributed by atoms with Crippen molar-refractivity contribution in [1.29, 1.82) is 0 Å². The molecule has 0 aliphatic rings. The molecule has 1 N–H and O–H groups in total. The minimum atomic E-state index is -0.512. The Balaban J connectivity index is 3.32. The number of aliphatic hydroxyl groups is 1. The van der Waals surface area contributed by atoms with Gasteiger partial charge in [0.15, 0.2) is 0 Å². The molecule has 0 rings (SSSR count). The van der Waals surface area contributed by atoms with Crippen LogP contribution in [0.15, 0.2) is 11.6 Å². The van der Waals surface area contributed by atoms with Crippen LogP contribution in [0.3, 0.4) is 0 Å². The van der Waals surface area contributed by atoms with Crippen molar-refractivity contribution in [3.05, 3.63) is 11.6 Å². The van der Waals surface area contributed by atoms with Crippen LogP contribution in [0, 0.1) is 0 Å². The number of hydrogen-bond donors (Lipinski definition) is 1. The first-order valence-electron chi connectivity index (χ1n) is 2.70. The molecule has 1 unspecified atom stereocenters. The summed E-state index contributed by atoms with van der Waals surface area (Å²) < 4.78 is 0. The van der Waals surface area contributed by atoms with Crippen LogP contribution in [0.25, 0.3) is 0 Å². The second-order valence-electron chi connectivity index (χ2n) is 1.75. The van der Waals surface area contributed by atoms with Crippen molar-refractivity contribution in [2.24, 2.45) is 0 Å². The molecule has 48 valence electrons. The van der Waals surface area contributed by atoms with Crippen molar-refractivity contribution in [3.63, 3.8) is 0 Å². The quantitative estimate of drug-likeness (QED) is 0.625.